The first-order chi connectivity index (χ1) is 9.58. The van der Waals surface area contributed by atoms with Gasteiger partial charge in [-0.2, -0.15) is 4.98 Å². The molecule has 0 aromatic carbocycles. The minimum Gasteiger partial charge on any atom is -0.367 e. The van der Waals surface area contributed by atoms with E-state index in [2.05, 4.69) is 43.2 Å². The molecule has 0 bridgehead atoms. The number of nitrogens with zero attached hydrogens (tertiary/aromatic N) is 2. The minimum atomic E-state index is -0.419. The van der Waals surface area contributed by atoms with Crippen LogP contribution in [0.3, 0.4) is 0 Å². The molecule has 116 valence electrons. The second-order valence-electron chi connectivity index (χ2n) is 5.18. The molecule has 2 atom stereocenters. The van der Waals surface area contributed by atoms with E-state index in [0.717, 1.165) is 19.3 Å². The van der Waals surface area contributed by atoms with Crippen LogP contribution >= 0.6 is 0 Å². The summed E-state index contributed by atoms with van der Waals surface area (Å²) >= 11 is 0. The predicted molar refractivity (Wildman–Crippen MR) is 79.7 cm³/mol. The van der Waals surface area contributed by atoms with Crippen LogP contribution in [-0.4, -0.2) is 29.8 Å². The number of hydrogen-bond donors (Lipinski definition) is 1. The molecule has 0 radical (unpaired) electrons. The number of rotatable bonds is 9. The van der Waals surface area contributed by atoms with Gasteiger partial charge in [0, 0.05) is 12.6 Å². The summed E-state index contributed by atoms with van der Waals surface area (Å²) in [6.45, 7) is 11.1. The lowest BCUT2D eigenvalue weighted by Gasteiger charge is -2.27. The Morgan fingerprint density at radius 1 is 1.25 bits per heavy atom. The van der Waals surface area contributed by atoms with Crippen LogP contribution in [0.1, 0.15) is 71.5 Å². The fourth-order valence-electron chi connectivity index (χ4n) is 2.63. The quantitative estimate of drug-likeness (QED) is 0.754. The van der Waals surface area contributed by atoms with Crippen molar-refractivity contribution in [1.82, 2.24) is 15.5 Å². The molecule has 0 amide bonds. The number of nitrogens with one attached hydrogen (secondary N) is 1. The summed E-state index contributed by atoms with van der Waals surface area (Å²) in [6, 6.07) is 0.304. The molecule has 0 aliphatic carbocycles. The molecule has 1 aromatic rings. The molecule has 1 aromatic heterocycles. The van der Waals surface area contributed by atoms with Gasteiger partial charge in [-0.1, -0.05) is 25.9 Å². The zero-order chi connectivity index (χ0) is 15.2. The van der Waals surface area contributed by atoms with Crippen molar-refractivity contribution in [2.45, 2.75) is 71.4 Å². The van der Waals surface area contributed by atoms with Gasteiger partial charge in [0.1, 0.15) is 5.60 Å². The molecule has 1 rings (SSSR count). The molecule has 0 aliphatic rings. The molecule has 20 heavy (non-hydrogen) atoms. The molecular weight excluding hydrogens is 254 g/mol. The highest BCUT2D eigenvalue weighted by Crippen LogP contribution is 2.32. The molecule has 0 aliphatic heterocycles. The Kier molecular flexibility index (Phi) is 6.62. The van der Waals surface area contributed by atoms with Gasteiger partial charge >= 0.3 is 0 Å². The van der Waals surface area contributed by atoms with Gasteiger partial charge in [0.15, 0.2) is 0 Å². The summed E-state index contributed by atoms with van der Waals surface area (Å²) in [5.74, 6) is 1.62. The van der Waals surface area contributed by atoms with Crippen LogP contribution in [0.2, 0.25) is 0 Å². The summed E-state index contributed by atoms with van der Waals surface area (Å²) in [7, 11) is 1.95. The maximum absolute atomic E-state index is 5.93. The predicted octanol–water partition coefficient (Wildman–Crippen LogP) is 3.22. The molecule has 0 spiro atoms. The lowest BCUT2D eigenvalue weighted by atomic mass is 9.95. The Labute approximate surface area is 122 Å². The van der Waals surface area contributed by atoms with E-state index in [1.165, 1.54) is 0 Å². The van der Waals surface area contributed by atoms with Gasteiger partial charge < -0.3 is 14.6 Å². The van der Waals surface area contributed by atoms with Gasteiger partial charge in [-0.05, 0) is 40.2 Å². The van der Waals surface area contributed by atoms with Crippen molar-refractivity contribution in [3.05, 3.63) is 11.7 Å². The maximum atomic E-state index is 5.93. The van der Waals surface area contributed by atoms with Crippen molar-refractivity contribution >= 4 is 0 Å². The molecule has 0 saturated carbocycles. The van der Waals surface area contributed by atoms with Gasteiger partial charge in [0.25, 0.3) is 0 Å². The maximum Gasteiger partial charge on any atom is 0.231 e. The summed E-state index contributed by atoms with van der Waals surface area (Å²) in [5, 5.41) is 7.45. The summed E-state index contributed by atoms with van der Waals surface area (Å²) in [5.41, 5.74) is -0.419. The van der Waals surface area contributed by atoms with Crippen molar-refractivity contribution in [2.75, 3.05) is 13.7 Å². The van der Waals surface area contributed by atoms with Gasteiger partial charge in [0.05, 0.1) is 5.92 Å². The topological polar surface area (TPSA) is 60.2 Å². The Hall–Kier alpha value is -0.940. The fourth-order valence-corrected chi connectivity index (χ4v) is 2.63. The Morgan fingerprint density at radius 2 is 1.90 bits per heavy atom. The van der Waals surface area contributed by atoms with Crippen molar-refractivity contribution in [3.63, 3.8) is 0 Å². The SMILES string of the molecule is CCOC(CC)(CC)c1noc(C(CC)C(C)NC)n1. The number of ether oxygens (including phenoxy) is 1. The second-order valence-corrected chi connectivity index (χ2v) is 5.18. The lowest BCUT2D eigenvalue weighted by Crippen LogP contribution is -2.31. The fraction of sp³-hybridized carbons (Fsp3) is 0.867. The van der Waals surface area contributed by atoms with Gasteiger partial charge in [-0.15, -0.1) is 0 Å². The third-order valence-electron chi connectivity index (χ3n) is 4.23. The first-order valence-electron chi connectivity index (χ1n) is 7.73. The third-order valence-corrected chi connectivity index (χ3v) is 4.23. The van der Waals surface area contributed by atoms with E-state index < -0.39 is 5.60 Å². The Bertz CT molecular complexity index is 388. The molecule has 0 saturated heterocycles. The van der Waals surface area contributed by atoms with E-state index in [4.69, 9.17) is 9.26 Å². The third kappa shape index (κ3) is 3.38. The van der Waals surface area contributed by atoms with Crippen molar-refractivity contribution in [3.8, 4) is 0 Å². The highest BCUT2D eigenvalue weighted by atomic mass is 16.5. The van der Waals surface area contributed by atoms with Crippen molar-refractivity contribution in [1.29, 1.82) is 0 Å². The first-order valence-corrected chi connectivity index (χ1v) is 7.73. The molecule has 0 fully saturated rings. The highest BCUT2D eigenvalue weighted by molar-refractivity contribution is 5.05. The molecule has 1 heterocycles. The first kappa shape index (κ1) is 17.1. The molecule has 1 N–H and O–H groups in total. The Balaban J connectivity index is 3.05. The van der Waals surface area contributed by atoms with E-state index in [0.29, 0.717) is 24.4 Å². The van der Waals surface area contributed by atoms with Crippen LogP contribution in [0.15, 0.2) is 4.52 Å². The van der Waals surface area contributed by atoms with Crippen molar-refractivity contribution in [2.24, 2.45) is 0 Å². The van der Waals surface area contributed by atoms with Crippen LogP contribution in [0.4, 0.5) is 0 Å². The largest absolute Gasteiger partial charge is 0.367 e. The molecule has 5 heteroatoms. The van der Waals surface area contributed by atoms with Gasteiger partial charge in [-0.3, -0.25) is 0 Å². The van der Waals surface area contributed by atoms with E-state index in [-0.39, 0.29) is 5.92 Å². The van der Waals surface area contributed by atoms with E-state index >= 15 is 0 Å². The van der Waals surface area contributed by atoms with Crippen LogP contribution in [0, 0.1) is 0 Å². The van der Waals surface area contributed by atoms with E-state index in [9.17, 15) is 0 Å². The minimum absolute atomic E-state index is 0.231. The molecular formula is C15H29N3O2. The monoisotopic (exact) mass is 283 g/mol. The Morgan fingerprint density at radius 3 is 2.35 bits per heavy atom. The average molecular weight is 283 g/mol. The average Bonchev–Trinajstić information content (AvgIpc) is 2.95. The zero-order valence-corrected chi connectivity index (χ0v) is 13.7. The number of aromatic nitrogens is 2. The molecule has 2 unspecified atom stereocenters. The number of likely N-dealkylation sites (N-methyl/N-ethyl adjacent to an activating group) is 1. The highest BCUT2D eigenvalue weighted by Gasteiger charge is 2.35. The zero-order valence-electron chi connectivity index (χ0n) is 13.7. The van der Waals surface area contributed by atoms with E-state index in [1.807, 2.05) is 14.0 Å². The molecule has 5 nitrogen and oxygen atoms in total. The van der Waals surface area contributed by atoms with Crippen molar-refractivity contribution < 1.29 is 9.26 Å². The van der Waals surface area contributed by atoms with Gasteiger partial charge in [-0.25, -0.2) is 0 Å². The normalized spacial score (nSPS) is 15.3. The smallest absolute Gasteiger partial charge is 0.231 e. The van der Waals surface area contributed by atoms with Crippen LogP contribution in [0.5, 0.6) is 0 Å². The summed E-state index contributed by atoms with van der Waals surface area (Å²) < 4.78 is 11.4. The lowest BCUT2D eigenvalue weighted by molar-refractivity contribution is -0.0583. The standard InChI is InChI=1S/C15H29N3O2/c1-7-12(11(5)16-6)13-17-14(18-20-13)15(8-2,9-3)19-10-4/h11-12,16H,7-10H2,1-6H3. The van der Waals surface area contributed by atoms with Crippen LogP contribution in [0.25, 0.3) is 0 Å². The van der Waals surface area contributed by atoms with Gasteiger partial charge in [0.2, 0.25) is 11.7 Å². The van der Waals surface area contributed by atoms with Crippen LogP contribution < -0.4 is 5.32 Å². The summed E-state index contributed by atoms with van der Waals surface area (Å²) in [6.07, 6.45) is 2.65. The van der Waals surface area contributed by atoms with Crippen LogP contribution in [-0.2, 0) is 10.3 Å². The number of hydrogen-bond acceptors (Lipinski definition) is 5. The summed E-state index contributed by atoms with van der Waals surface area (Å²) in [4.78, 5) is 4.64. The second kappa shape index (κ2) is 7.74. The van der Waals surface area contributed by atoms with E-state index in [1.54, 1.807) is 0 Å².